The number of hydrogen-bond donors (Lipinski definition) is 2. The number of nitrogens with zero attached hydrogens (tertiary/aromatic N) is 1. The van der Waals surface area contributed by atoms with Crippen LogP contribution in [0.15, 0.2) is 78.9 Å². The molecule has 5 heteroatoms. The van der Waals surface area contributed by atoms with Gasteiger partial charge in [-0.1, -0.05) is 36.4 Å². The lowest BCUT2D eigenvalue weighted by atomic mass is 10.1. The normalized spacial score (nSPS) is 14.2. The quantitative estimate of drug-likeness (QED) is 0.579. The fourth-order valence-corrected chi connectivity index (χ4v) is 3.77. The maximum atomic E-state index is 13.2. The van der Waals surface area contributed by atoms with Crippen molar-refractivity contribution in [2.75, 3.05) is 35.7 Å². The Kier molecular flexibility index (Phi) is 6.18. The van der Waals surface area contributed by atoms with Crippen molar-refractivity contribution >= 4 is 23.0 Å². The number of hydrogen-bond acceptors (Lipinski definition) is 4. The molecule has 30 heavy (non-hydrogen) atoms. The van der Waals surface area contributed by atoms with Crippen molar-refractivity contribution in [1.82, 2.24) is 0 Å². The van der Waals surface area contributed by atoms with Crippen molar-refractivity contribution in [3.63, 3.8) is 0 Å². The highest BCUT2D eigenvalue weighted by Gasteiger charge is 2.21. The van der Waals surface area contributed by atoms with Crippen LogP contribution in [0.1, 0.15) is 24.4 Å². The number of amides is 1. The van der Waals surface area contributed by atoms with Gasteiger partial charge in [-0.2, -0.15) is 0 Å². The first-order valence-corrected chi connectivity index (χ1v) is 10.3. The Labute approximate surface area is 177 Å². The van der Waals surface area contributed by atoms with Crippen molar-refractivity contribution < 1.29 is 9.53 Å². The lowest BCUT2D eigenvalue weighted by Gasteiger charge is -2.22. The Bertz CT molecular complexity index is 967. The van der Waals surface area contributed by atoms with E-state index in [0.29, 0.717) is 11.4 Å². The van der Waals surface area contributed by atoms with Crippen molar-refractivity contribution in [2.45, 2.75) is 18.9 Å². The Morgan fingerprint density at radius 1 is 0.900 bits per heavy atom. The zero-order valence-corrected chi connectivity index (χ0v) is 17.2. The summed E-state index contributed by atoms with van der Waals surface area (Å²) < 4.78 is 5.26. The molecule has 0 spiro atoms. The van der Waals surface area contributed by atoms with Crippen molar-refractivity contribution in [3.8, 4) is 5.75 Å². The molecular weight excluding hydrogens is 374 g/mol. The molecule has 0 bridgehead atoms. The van der Waals surface area contributed by atoms with Crippen LogP contribution in [0.2, 0.25) is 0 Å². The standard InChI is InChI=1S/C25H27N3O2/c1-30-23-11-7-10-21(18-23)27-25(29)24(19-8-3-2-4-9-19)26-20-12-14-22(15-13-20)28-16-5-6-17-28/h2-4,7-15,18,24,26H,5-6,16-17H2,1H3,(H,27,29)/t24-/m0/s1. The van der Waals surface area contributed by atoms with Gasteiger partial charge < -0.3 is 20.3 Å². The zero-order chi connectivity index (χ0) is 20.8. The molecular formula is C25H27N3O2. The van der Waals surface area contributed by atoms with Crippen LogP contribution in [0.25, 0.3) is 0 Å². The Morgan fingerprint density at radius 3 is 2.33 bits per heavy atom. The van der Waals surface area contributed by atoms with E-state index in [1.54, 1.807) is 7.11 Å². The maximum Gasteiger partial charge on any atom is 0.251 e. The largest absolute Gasteiger partial charge is 0.497 e. The molecule has 0 unspecified atom stereocenters. The first kappa shape index (κ1) is 19.8. The lowest BCUT2D eigenvalue weighted by molar-refractivity contribution is -0.117. The molecule has 0 radical (unpaired) electrons. The summed E-state index contributed by atoms with van der Waals surface area (Å²) in [6.07, 6.45) is 2.50. The van der Waals surface area contributed by atoms with Crippen LogP contribution in [0.5, 0.6) is 5.75 Å². The van der Waals surface area contributed by atoms with Gasteiger partial charge in [0.15, 0.2) is 0 Å². The second-order valence-electron chi connectivity index (χ2n) is 7.45. The van der Waals surface area contributed by atoms with Gasteiger partial charge in [-0.05, 0) is 54.8 Å². The second-order valence-corrected chi connectivity index (χ2v) is 7.45. The predicted molar refractivity (Wildman–Crippen MR) is 122 cm³/mol. The van der Waals surface area contributed by atoms with E-state index in [9.17, 15) is 4.79 Å². The Balaban J connectivity index is 1.53. The average Bonchev–Trinajstić information content (AvgIpc) is 3.33. The zero-order valence-electron chi connectivity index (χ0n) is 17.2. The molecule has 1 fully saturated rings. The average molecular weight is 402 g/mol. The summed E-state index contributed by atoms with van der Waals surface area (Å²) in [6.45, 7) is 2.23. The number of carbonyl (C=O) groups excluding carboxylic acids is 1. The number of anilines is 3. The van der Waals surface area contributed by atoms with Gasteiger partial charge in [0.1, 0.15) is 11.8 Å². The molecule has 1 aliphatic rings. The van der Waals surface area contributed by atoms with E-state index >= 15 is 0 Å². The van der Waals surface area contributed by atoms with E-state index in [4.69, 9.17) is 4.74 Å². The smallest absolute Gasteiger partial charge is 0.251 e. The summed E-state index contributed by atoms with van der Waals surface area (Å²) in [4.78, 5) is 15.6. The van der Waals surface area contributed by atoms with Gasteiger partial charge >= 0.3 is 0 Å². The van der Waals surface area contributed by atoms with Crippen LogP contribution < -0.4 is 20.3 Å². The van der Waals surface area contributed by atoms with Crippen LogP contribution in [-0.2, 0) is 4.79 Å². The topological polar surface area (TPSA) is 53.6 Å². The minimum atomic E-state index is -0.518. The molecule has 4 rings (SSSR count). The summed E-state index contributed by atoms with van der Waals surface area (Å²) in [6, 6.07) is 24.9. The predicted octanol–water partition coefficient (Wildman–Crippen LogP) is 5.09. The molecule has 2 N–H and O–H groups in total. The van der Waals surface area contributed by atoms with Gasteiger partial charge in [0.05, 0.1) is 7.11 Å². The SMILES string of the molecule is COc1cccc(NC(=O)[C@@H](Nc2ccc(N3CCCC3)cc2)c2ccccc2)c1. The third-order valence-corrected chi connectivity index (χ3v) is 5.38. The molecule has 0 aliphatic carbocycles. The molecule has 1 amide bonds. The van der Waals surface area contributed by atoms with Crippen LogP contribution in [0, 0.1) is 0 Å². The van der Waals surface area contributed by atoms with Crippen molar-refractivity contribution in [2.24, 2.45) is 0 Å². The molecule has 0 saturated carbocycles. The number of ether oxygens (including phenoxy) is 1. The first-order chi connectivity index (χ1) is 14.7. The number of rotatable bonds is 7. The van der Waals surface area contributed by atoms with Crippen LogP contribution >= 0.6 is 0 Å². The van der Waals surface area contributed by atoms with Gasteiger partial charge in [0, 0.05) is 36.2 Å². The number of methoxy groups -OCH3 is 1. The lowest BCUT2D eigenvalue weighted by Crippen LogP contribution is -2.27. The van der Waals surface area contributed by atoms with E-state index in [-0.39, 0.29) is 5.91 Å². The molecule has 3 aromatic carbocycles. The fourth-order valence-electron chi connectivity index (χ4n) is 3.77. The van der Waals surface area contributed by atoms with Gasteiger partial charge in [-0.3, -0.25) is 4.79 Å². The third-order valence-electron chi connectivity index (χ3n) is 5.38. The van der Waals surface area contributed by atoms with E-state index in [0.717, 1.165) is 24.3 Å². The van der Waals surface area contributed by atoms with Crippen LogP contribution in [0.3, 0.4) is 0 Å². The number of nitrogens with one attached hydrogen (secondary N) is 2. The van der Waals surface area contributed by atoms with Crippen LogP contribution in [0.4, 0.5) is 17.1 Å². The summed E-state index contributed by atoms with van der Waals surface area (Å²) >= 11 is 0. The summed E-state index contributed by atoms with van der Waals surface area (Å²) in [7, 11) is 1.61. The monoisotopic (exact) mass is 401 g/mol. The maximum absolute atomic E-state index is 13.2. The van der Waals surface area contributed by atoms with Crippen molar-refractivity contribution in [3.05, 3.63) is 84.4 Å². The van der Waals surface area contributed by atoms with Gasteiger partial charge in [0.2, 0.25) is 0 Å². The van der Waals surface area contributed by atoms with E-state index < -0.39 is 6.04 Å². The first-order valence-electron chi connectivity index (χ1n) is 10.3. The van der Waals surface area contributed by atoms with E-state index in [1.807, 2.05) is 66.7 Å². The minimum Gasteiger partial charge on any atom is -0.497 e. The molecule has 1 atom stereocenters. The van der Waals surface area contributed by atoms with Gasteiger partial charge in [-0.15, -0.1) is 0 Å². The van der Waals surface area contributed by atoms with Gasteiger partial charge in [0.25, 0.3) is 5.91 Å². The van der Waals surface area contributed by atoms with E-state index in [2.05, 4.69) is 27.7 Å². The molecule has 1 aliphatic heterocycles. The van der Waals surface area contributed by atoms with E-state index in [1.165, 1.54) is 18.5 Å². The molecule has 0 aromatic heterocycles. The number of carbonyl (C=O) groups is 1. The Morgan fingerprint density at radius 2 is 1.63 bits per heavy atom. The van der Waals surface area contributed by atoms with Crippen LogP contribution in [-0.4, -0.2) is 26.1 Å². The number of benzene rings is 3. The summed E-state index contributed by atoms with van der Waals surface area (Å²) in [5.74, 6) is 0.576. The molecule has 1 heterocycles. The highest BCUT2D eigenvalue weighted by Crippen LogP contribution is 2.26. The molecule has 3 aromatic rings. The summed E-state index contributed by atoms with van der Waals surface area (Å²) in [5, 5.41) is 6.40. The Hall–Kier alpha value is -3.47. The molecule has 154 valence electrons. The molecule has 5 nitrogen and oxygen atoms in total. The highest BCUT2D eigenvalue weighted by atomic mass is 16.5. The fraction of sp³-hybridized carbons (Fsp3) is 0.240. The summed E-state index contributed by atoms with van der Waals surface area (Å²) in [5.41, 5.74) is 3.75. The minimum absolute atomic E-state index is 0.127. The molecule has 1 saturated heterocycles. The van der Waals surface area contributed by atoms with Gasteiger partial charge in [-0.25, -0.2) is 0 Å². The third kappa shape index (κ3) is 4.74. The second kappa shape index (κ2) is 9.35. The highest BCUT2D eigenvalue weighted by molar-refractivity contribution is 5.97. The van der Waals surface area contributed by atoms with Crippen molar-refractivity contribution in [1.29, 1.82) is 0 Å².